The van der Waals surface area contributed by atoms with Gasteiger partial charge < -0.3 is 5.11 Å². The van der Waals surface area contributed by atoms with E-state index in [-0.39, 0.29) is 0 Å². The fourth-order valence-corrected chi connectivity index (χ4v) is 1.80. The van der Waals surface area contributed by atoms with Crippen LogP contribution in [0.5, 0.6) is 0 Å². The van der Waals surface area contributed by atoms with E-state index < -0.39 is 17.4 Å². The number of aliphatic hydroxyl groups is 1. The molecule has 2 aromatic heterocycles. The van der Waals surface area contributed by atoms with Crippen LogP contribution in [0.3, 0.4) is 0 Å². The number of aliphatic hydroxyl groups excluding tert-OH is 1. The lowest BCUT2D eigenvalue weighted by Crippen LogP contribution is -2.29. The lowest BCUT2D eigenvalue weighted by atomic mass is 10.1. The summed E-state index contributed by atoms with van der Waals surface area (Å²) >= 11 is 0. The number of hydrogen-bond donors (Lipinski definition) is 2. The molecule has 0 amide bonds. The van der Waals surface area contributed by atoms with Crippen LogP contribution in [-0.2, 0) is 7.05 Å². The SMILES string of the molecule is Cc1nc2c(cc1C(C)O)c(=O)[nH]c(=O)n2C. The molecule has 0 saturated heterocycles. The van der Waals surface area contributed by atoms with Gasteiger partial charge in [0.1, 0.15) is 5.65 Å². The number of rotatable bonds is 1. The van der Waals surface area contributed by atoms with Gasteiger partial charge in [-0.3, -0.25) is 14.3 Å². The molecule has 0 aromatic carbocycles. The highest BCUT2D eigenvalue weighted by atomic mass is 16.3. The van der Waals surface area contributed by atoms with Gasteiger partial charge in [-0.2, -0.15) is 0 Å². The first-order chi connectivity index (χ1) is 7.91. The molecule has 0 bridgehead atoms. The van der Waals surface area contributed by atoms with Crippen LogP contribution in [0.15, 0.2) is 15.7 Å². The van der Waals surface area contributed by atoms with Gasteiger partial charge >= 0.3 is 5.69 Å². The van der Waals surface area contributed by atoms with Crippen molar-refractivity contribution in [2.45, 2.75) is 20.0 Å². The van der Waals surface area contributed by atoms with E-state index in [1.165, 1.54) is 11.6 Å². The van der Waals surface area contributed by atoms with Crippen LogP contribution in [0.4, 0.5) is 0 Å². The molecular formula is C11H13N3O3. The molecule has 1 unspecified atom stereocenters. The van der Waals surface area contributed by atoms with Crippen LogP contribution in [0.1, 0.15) is 24.3 Å². The Morgan fingerprint density at radius 2 is 2.12 bits per heavy atom. The number of aromatic nitrogens is 3. The van der Waals surface area contributed by atoms with Crippen molar-refractivity contribution in [1.29, 1.82) is 0 Å². The number of hydrogen-bond acceptors (Lipinski definition) is 4. The number of aromatic amines is 1. The topological polar surface area (TPSA) is 88.0 Å². The smallest absolute Gasteiger partial charge is 0.329 e. The number of nitrogens with one attached hydrogen (secondary N) is 1. The second kappa shape index (κ2) is 3.81. The average molecular weight is 235 g/mol. The van der Waals surface area contributed by atoms with Gasteiger partial charge in [-0.1, -0.05) is 0 Å². The predicted molar refractivity (Wildman–Crippen MR) is 63.0 cm³/mol. The second-order valence-corrected chi connectivity index (χ2v) is 4.03. The molecule has 0 radical (unpaired) electrons. The van der Waals surface area contributed by atoms with Gasteiger partial charge in [0.25, 0.3) is 5.56 Å². The van der Waals surface area contributed by atoms with Crippen molar-refractivity contribution < 1.29 is 5.11 Å². The molecule has 0 fully saturated rings. The third-order valence-electron chi connectivity index (χ3n) is 2.77. The van der Waals surface area contributed by atoms with Crippen LogP contribution >= 0.6 is 0 Å². The van der Waals surface area contributed by atoms with E-state index >= 15 is 0 Å². The minimum Gasteiger partial charge on any atom is -0.389 e. The first-order valence-corrected chi connectivity index (χ1v) is 5.20. The van der Waals surface area contributed by atoms with E-state index in [0.29, 0.717) is 22.3 Å². The van der Waals surface area contributed by atoms with Crippen molar-refractivity contribution in [3.05, 3.63) is 38.2 Å². The van der Waals surface area contributed by atoms with Gasteiger partial charge in [0, 0.05) is 18.3 Å². The molecular weight excluding hydrogens is 222 g/mol. The zero-order valence-electron chi connectivity index (χ0n) is 9.81. The summed E-state index contributed by atoms with van der Waals surface area (Å²) in [5.74, 6) is 0. The third-order valence-corrected chi connectivity index (χ3v) is 2.77. The number of nitrogens with zero attached hydrogens (tertiary/aromatic N) is 2. The Balaban J connectivity index is 2.98. The standard InChI is InChI=1S/C11H13N3O3/c1-5-7(6(2)15)4-8-9(12-5)14(3)11(17)13-10(8)16/h4,6,15H,1-3H3,(H,13,16,17). The monoisotopic (exact) mass is 235 g/mol. The molecule has 0 aliphatic heterocycles. The summed E-state index contributed by atoms with van der Waals surface area (Å²) in [6.45, 7) is 3.33. The Morgan fingerprint density at radius 1 is 1.47 bits per heavy atom. The molecule has 17 heavy (non-hydrogen) atoms. The normalized spacial score (nSPS) is 12.9. The molecule has 0 spiro atoms. The van der Waals surface area contributed by atoms with Crippen LogP contribution in [0.25, 0.3) is 11.0 Å². The minimum absolute atomic E-state index is 0.300. The van der Waals surface area contributed by atoms with Crippen LogP contribution < -0.4 is 11.2 Å². The van der Waals surface area contributed by atoms with E-state index in [0.717, 1.165) is 0 Å². The molecule has 0 aliphatic rings. The summed E-state index contributed by atoms with van der Waals surface area (Å²) in [4.78, 5) is 29.4. The summed E-state index contributed by atoms with van der Waals surface area (Å²) in [6.07, 6.45) is -0.705. The Hall–Kier alpha value is -1.95. The van der Waals surface area contributed by atoms with E-state index in [4.69, 9.17) is 0 Å². The molecule has 6 heteroatoms. The summed E-state index contributed by atoms with van der Waals surface area (Å²) in [5, 5.41) is 9.86. The lowest BCUT2D eigenvalue weighted by molar-refractivity contribution is 0.198. The zero-order valence-corrected chi connectivity index (χ0v) is 9.81. The quantitative estimate of drug-likeness (QED) is 0.727. The van der Waals surface area contributed by atoms with Crippen molar-refractivity contribution in [2.75, 3.05) is 0 Å². The summed E-state index contributed by atoms with van der Waals surface area (Å²) in [7, 11) is 1.54. The highest BCUT2D eigenvalue weighted by Gasteiger charge is 2.12. The zero-order chi connectivity index (χ0) is 12.7. The van der Waals surface area contributed by atoms with Gasteiger partial charge in [-0.25, -0.2) is 9.78 Å². The Bertz CT molecular complexity index is 697. The van der Waals surface area contributed by atoms with E-state index in [1.54, 1.807) is 19.9 Å². The van der Waals surface area contributed by atoms with Gasteiger partial charge in [0.2, 0.25) is 0 Å². The highest BCUT2D eigenvalue weighted by Crippen LogP contribution is 2.18. The summed E-state index contributed by atoms with van der Waals surface area (Å²) in [5.41, 5.74) is 0.520. The fraction of sp³-hybridized carbons (Fsp3) is 0.364. The number of H-pyrrole nitrogens is 1. The maximum atomic E-state index is 11.6. The number of pyridine rings is 1. The average Bonchev–Trinajstić information content (AvgIpc) is 2.25. The minimum atomic E-state index is -0.705. The molecule has 0 saturated carbocycles. The maximum absolute atomic E-state index is 11.6. The van der Waals surface area contributed by atoms with Crippen LogP contribution in [0.2, 0.25) is 0 Å². The Kier molecular flexibility index (Phi) is 2.59. The molecule has 2 aromatic rings. The summed E-state index contributed by atoms with van der Waals surface area (Å²) < 4.78 is 1.27. The third kappa shape index (κ3) is 1.76. The molecule has 90 valence electrons. The fourth-order valence-electron chi connectivity index (χ4n) is 1.80. The summed E-state index contributed by atoms with van der Waals surface area (Å²) in [6, 6.07) is 1.57. The number of aryl methyl sites for hydroxylation is 2. The lowest BCUT2D eigenvalue weighted by Gasteiger charge is -2.10. The first-order valence-electron chi connectivity index (χ1n) is 5.20. The first kappa shape index (κ1) is 11.5. The molecule has 6 nitrogen and oxygen atoms in total. The van der Waals surface area contributed by atoms with Gasteiger partial charge in [-0.15, -0.1) is 0 Å². The van der Waals surface area contributed by atoms with Crippen molar-refractivity contribution >= 4 is 11.0 Å². The number of fused-ring (bicyclic) bond motifs is 1. The maximum Gasteiger partial charge on any atom is 0.329 e. The van der Waals surface area contributed by atoms with E-state index in [1.807, 2.05) is 0 Å². The Morgan fingerprint density at radius 3 is 2.71 bits per heavy atom. The Labute approximate surface area is 96.6 Å². The second-order valence-electron chi connectivity index (χ2n) is 4.03. The van der Waals surface area contributed by atoms with E-state index in [9.17, 15) is 14.7 Å². The van der Waals surface area contributed by atoms with Crippen molar-refractivity contribution in [1.82, 2.24) is 14.5 Å². The van der Waals surface area contributed by atoms with Gasteiger partial charge in [0.05, 0.1) is 11.5 Å². The van der Waals surface area contributed by atoms with Gasteiger partial charge in [0.15, 0.2) is 0 Å². The van der Waals surface area contributed by atoms with Crippen molar-refractivity contribution in [3.8, 4) is 0 Å². The molecule has 2 rings (SSSR count). The van der Waals surface area contributed by atoms with Crippen molar-refractivity contribution in [3.63, 3.8) is 0 Å². The molecule has 0 aliphatic carbocycles. The van der Waals surface area contributed by atoms with Crippen molar-refractivity contribution in [2.24, 2.45) is 7.05 Å². The van der Waals surface area contributed by atoms with Crippen LogP contribution in [-0.4, -0.2) is 19.6 Å². The largest absolute Gasteiger partial charge is 0.389 e. The molecule has 1 atom stereocenters. The predicted octanol–water partition coefficient (Wildman–Crippen LogP) is -0.0165. The highest BCUT2D eigenvalue weighted by molar-refractivity contribution is 5.75. The molecule has 2 N–H and O–H groups in total. The van der Waals surface area contributed by atoms with Crippen LogP contribution in [0, 0.1) is 6.92 Å². The molecule has 2 heterocycles. The van der Waals surface area contributed by atoms with E-state index in [2.05, 4.69) is 9.97 Å². The van der Waals surface area contributed by atoms with Gasteiger partial charge in [-0.05, 0) is 19.9 Å².